The van der Waals surface area contributed by atoms with Gasteiger partial charge >= 0.3 is 12.0 Å². The van der Waals surface area contributed by atoms with Crippen molar-refractivity contribution in [3.8, 4) is 11.5 Å². The molecule has 0 unspecified atom stereocenters. The lowest BCUT2D eigenvalue weighted by Crippen LogP contribution is -2.38. The highest BCUT2D eigenvalue weighted by Crippen LogP contribution is 2.37. The summed E-state index contributed by atoms with van der Waals surface area (Å²) < 4.78 is 10.7. The van der Waals surface area contributed by atoms with Crippen molar-refractivity contribution in [3.05, 3.63) is 58.2 Å². The number of amides is 4. The van der Waals surface area contributed by atoms with Gasteiger partial charge in [-0.3, -0.25) is 9.59 Å². The second-order valence-corrected chi connectivity index (χ2v) is 7.65. The first-order chi connectivity index (χ1) is 16.2. The number of ether oxygens (including phenoxy) is 2. The van der Waals surface area contributed by atoms with Gasteiger partial charge in [-0.15, -0.1) is 0 Å². The molecule has 10 nitrogen and oxygen atoms in total. The summed E-state index contributed by atoms with van der Waals surface area (Å²) in [7, 11) is 0. The maximum absolute atomic E-state index is 12.7. The summed E-state index contributed by atoms with van der Waals surface area (Å²) in [5.74, 6) is -2.18. The molecule has 1 aliphatic rings. The predicted molar refractivity (Wildman–Crippen MR) is 124 cm³/mol. The van der Waals surface area contributed by atoms with Gasteiger partial charge in [-0.2, -0.15) is 0 Å². The first-order valence-electron chi connectivity index (χ1n) is 10.2. The molecule has 34 heavy (non-hydrogen) atoms. The molecule has 0 aromatic heterocycles. The van der Waals surface area contributed by atoms with Crippen molar-refractivity contribution < 1.29 is 33.8 Å². The monoisotopic (exact) mass is 487 g/mol. The lowest BCUT2D eigenvalue weighted by Gasteiger charge is -2.13. The fourth-order valence-electron chi connectivity index (χ4n) is 3.16. The Morgan fingerprint density at radius 2 is 1.97 bits per heavy atom. The molecule has 0 aliphatic carbocycles. The molecule has 2 aromatic carbocycles. The van der Waals surface area contributed by atoms with Crippen molar-refractivity contribution in [2.24, 2.45) is 0 Å². The molecule has 4 amide bonds. The molecular formula is C23H22ClN3O7. The van der Waals surface area contributed by atoms with E-state index in [0.717, 1.165) is 10.5 Å². The van der Waals surface area contributed by atoms with Crippen molar-refractivity contribution in [2.45, 2.75) is 13.8 Å². The highest BCUT2D eigenvalue weighted by Gasteiger charge is 2.35. The molecule has 2 aromatic rings. The quantitative estimate of drug-likeness (QED) is 0.365. The van der Waals surface area contributed by atoms with E-state index in [2.05, 4.69) is 10.6 Å². The van der Waals surface area contributed by atoms with E-state index in [4.69, 9.17) is 26.2 Å². The third-order valence-electron chi connectivity index (χ3n) is 4.55. The van der Waals surface area contributed by atoms with Gasteiger partial charge < -0.3 is 25.2 Å². The Morgan fingerprint density at radius 1 is 1.21 bits per heavy atom. The molecule has 0 saturated carbocycles. The summed E-state index contributed by atoms with van der Waals surface area (Å²) in [5.41, 5.74) is 1.83. The topological polar surface area (TPSA) is 134 Å². The molecule has 11 heteroatoms. The number of rotatable bonds is 9. The number of nitrogens with zero attached hydrogens (tertiary/aromatic N) is 1. The Labute approximate surface area is 200 Å². The molecular weight excluding hydrogens is 466 g/mol. The Balaban J connectivity index is 1.77. The smallest absolute Gasteiger partial charge is 0.341 e. The van der Waals surface area contributed by atoms with E-state index < -0.39 is 37.0 Å². The third-order valence-corrected chi connectivity index (χ3v) is 4.83. The highest BCUT2D eigenvalue weighted by molar-refractivity contribution is 6.32. The van der Waals surface area contributed by atoms with Crippen LogP contribution >= 0.6 is 11.6 Å². The fraction of sp³-hybridized carbons (Fsp3) is 0.217. The lowest BCUT2D eigenvalue weighted by molar-refractivity contribution is -0.139. The number of urea groups is 1. The van der Waals surface area contributed by atoms with Crippen molar-refractivity contribution in [1.29, 1.82) is 0 Å². The number of anilines is 1. The van der Waals surface area contributed by atoms with E-state index in [1.54, 1.807) is 25.1 Å². The molecule has 3 rings (SSSR count). The van der Waals surface area contributed by atoms with Crippen LogP contribution in [0.5, 0.6) is 11.5 Å². The maximum Gasteiger partial charge on any atom is 0.341 e. The number of imide groups is 1. The molecule has 0 bridgehead atoms. The first kappa shape index (κ1) is 24.6. The Kier molecular flexibility index (Phi) is 7.75. The van der Waals surface area contributed by atoms with Crippen LogP contribution in [0, 0.1) is 6.92 Å². The zero-order chi connectivity index (χ0) is 24.8. The van der Waals surface area contributed by atoms with Crippen molar-refractivity contribution >= 4 is 47.2 Å². The largest absolute Gasteiger partial charge is 0.490 e. The zero-order valence-electron chi connectivity index (χ0n) is 18.4. The predicted octanol–water partition coefficient (Wildman–Crippen LogP) is 3.04. The van der Waals surface area contributed by atoms with E-state index in [0.29, 0.717) is 11.3 Å². The Bertz CT molecular complexity index is 1180. The molecule has 1 heterocycles. The first-order valence-corrected chi connectivity index (χ1v) is 10.6. The zero-order valence-corrected chi connectivity index (χ0v) is 19.1. The summed E-state index contributed by atoms with van der Waals surface area (Å²) in [6.07, 6.45) is 1.37. The van der Waals surface area contributed by atoms with Gasteiger partial charge in [0.15, 0.2) is 18.1 Å². The van der Waals surface area contributed by atoms with Crippen LogP contribution < -0.4 is 20.1 Å². The number of halogens is 1. The average molecular weight is 488 g/mol. The minimum Gasteiger partial charge on any atom is -0.490 e. The van der Waals surface area contributed by atoms with Crippen molar-refractivity contribution in [3.63, 3.8) is 0 Å². The van der Waals surface area contributed by atoms with Gasteiger partial charge in [0.2, 0.25) is 5.91 Å². The molecule has 3 N–H and O–H groups in total. The molecule has 0 spiro atoms. The molecule has 0 atom stereocenters. The summed E-state index contributed by atoms with van der Waals surface area (Å²) >= 11 is 6.23. The van der Waals surface area contributed by atoms with Crippen LogP contribution in [0.1, 0.15) is 18.1 Å². The Morgan fingerprint density at radius 3 is 2.65 bits per heavy atom. The minimum absolute atomic E-state index is 0.0456. The summed E-state index contributed by atoms with van der Waals surface area (Å²) in [6, 6.07) is 9.29. The van der Waals surface area contributed by atoms with Gasteiger partial charge in [0, 0.05) is 5.69 Å². The van der Waals surface area contributed by atoms with Crippen LogP contribution in [0.3, 0.4) is 0 Å². The average Bonchev–Trinajstić information content (AvgIpc) is 3.00. The second-order valence-electron chi connectivity index (χ2n) is 7.24. The number of carboxylic acids is 1. The molecule has 178 valence electrons. The second kappa shape index (κ2) is 10.7. The number of hydrogen-bond acceptors (Lipinski definition) is 6. The number of carbonyl (C=O) groups is 4. The van der Waals surface area contributed by atoms with Gasteiger partial charge in [-0.1, -0.05) is 23.7 Å². The van der Waals surface area contributed by atoms with Crippen LogP contribution in [0.4, 0.5) is 10.5 Å². The van der Waals surface area contributed by atoms with Crippen molar-refractivity contribution in [1.82, 2.24) is 10.2 Å². The van der Waals surface area contributed by atoms with E-state index in [-0.39, 0.29) is 28.8 Å². The van der Waals surface area contributed by atoms with Crippen LogP contribution in [-0.4, -0.2) is 53.6 Å². The summed E-state index contributed by atoms with van der Waals surface area (Å²) in [4.78, 5) is 49.0. The van der Waals surface area contributed by atoms with E-state index >= 15 is 0 Å². The highest BCUT2D eigenvalue weighted by atomic mass is 35.5. The normalized spacial score (nSPS) is 14.2. The standard InChI is InChI=1S/C23H22ClN3O7/c1-3-33-18-10-14(8-16(24)21(18)34-12-20(29)30)9-17-22(31)27(23(32)26-17)11-19(28)25-15-6-4-5-13(2)7-15/h4-10H,3,11-12H2,1-2H3,(H,25,28)(H,26,32)(H,29,30)/b17-9+. The maximum atomic E-state index is 12.7. The van der Waals surface area contributed by atoms with Crippen LogP contribution in [0.15, 0.2) is 42.1 Å². The number of hydrogen-bond donors (Lipinski definition) is 3. The number of aliphatic carboxylic acids is 1. The molecule has 1 aliphatic heterocycles. The number of aryl methyl sites for hydroxylation is 1. The van der Waals surface area contributed by atoms with Gasteiger partial charge in [-0.25, -0.2) is 14.5 Å². The fourth-order valence-corrected chi connectivity index (χ4v) is 3.43. The Hall–Kier alpha value is -4.05. The van der Waals surface area contributed by atoms with Crippen LogP contribution in [0.25, 0.3) is 6.08 Å². The van der Waals surface area contributed by atoms with Gasteiger partial charge in [0.05, 0.1) is 11.6 Å². The number of carbonyl (C=O) groups excluding carboxylic acids is 3. The van der Waals surface area contributed by atoms with Crippen molar-refractivity contribution in [2.75, 3.05) is 25.1 Å². The number of nitrogens with one attached hydrogen (secondary N) is 2. The van der Waals surface area contributed by atoms with Gasteiger partial charge in [-0.05, 0) is 55.3 Å². The summed E-state index contributed by atoms with van der Waals surface area (Å²) in [5, 5.41) is 14.0. The van der Waals surface area contributed by atoms with Crippen LogP contribution in [0.2, 0.25) is 5.02 Å². The van der Waals surface area contributed by atoms with E-state index in [9.17, 15) is 19.2 Å². The van der Waals surface area contributed by atoms with Gasteiger partial charge in [0.1, 0.15) is 12.2 Å². The molecule has 1 saturated heterocycles. The minimum atomic E-state index is -1.18. The molecule has 1 fully saturated rings. The van der Waals surface area contributed by atoms with Gasteiger partial charge in [0.25, 0.3) is 5.91 Å². The number of benzene rings is 2. The number of carboxylic acid groups (broad SMARTS) is 1. The van der Waals surface area contributed by atoms with E-state index in [1.807, 2.05) is 13.0 Å². The van der Waals surface area contributed by atoms with Crippen LogP contribution in [-0.2, 0) is 14.4 Å². The van der Waals surface area contributed by atoms with E-state index in [1.165, 1.54) is 18.2 Å². The molecule has 0 radical (unpaired) electrons. The summed E-state index contributed by atoms with van der Waals surface area (Å²) in [6.45, 7) is 2.76. The third kappa shape index (κ3) is 6.04. The SMILES string of the molecule is CCOc1cc(/C=C2/NC(=O)N(CC(=O)Nc3cccc(C)c3)C2=O)cc(Cl)c1OCC(=O)O. The lowest BCUT2D eigenvalue weighted by atomic mass is 10.1.